The smallest absolute Gasteiger partial charge is 0.270 e. The lowest BCUT2D eigenvalue weighted by atomic mass is 10.1. The van der Waals surface area contributed by atoms with Gasteiger partial charge in [0.2, 0.25) is 0 Å². The number of hydrogen-bond donors (Lipinski definition) is 1. The lowest BCUT2D eigenvalue weighted by Crippen LogP contribution is -2.13. The molecule has 0 aromatic heterocycles. The monoisotopic (exact) mass is 311 g/mol. The number of nitrogens with one attached hydrogen (secondary N) is 1. The number of nitro benzene ring substituents is 1. The molecule has 7 nitrogen and oxygen atoms in total. The summed E-state index contributed by atoms with van der Waals surface area (Å²) < 4.78 is 5.11. The maximum Gasteiger partial charge on any atom is 0.270 e. The average Bonchev–Trinajstić information content (AvgIpc) is 2.54. The molecule has 7 heteroatoms. The van der Waals surface area contributed by atoms with Gasteiger partial charge in [-0.25, -0.2) is 0 Å². The molecule has 0 fully saturated rings. The molecule has 0 heterocycles. The second kappa shape index (κ2) is 7.04. The summed E-state index contributed by atoms with van der Waals surface area (Å²) in [5, 5.41) is 21.9. The largest absolute Gasteiger partial charge is 0.479 e. The second-order valence-corrected chi connectivity index (χ2v) is 4.68. The van der Waals surface area contributed by atoms with E-state index in [4.69, 9.17) is 10.00 Å². The van der Waals surface area contributed by atoms with E-state index in [1.807, 2.05) is 6.07 Å². The molecular formula is C16H13N3O4. The van der Waals surface area contributed by atoms with Crippen LogP contribution in [0.4, 0.5) is 11.4 Å². The molecule has 0 atom stereocenters. The number of carbonyl (C=O) groups excluding carboxylic acids is 1. The molecule has 0 radical (unpaired) electrons. The number of nitro groups is 1. The van der Waals surface area contributed by atoms with Gasteiger partial charge >= 0.3 is 0 Å². The van der Waals surface area contributed by atoms with E-state index < -0.39 is 10.8 Å². The van der Waals surface area contributed by atoms with Crippen molar-refractivity contribution in [2.45, 2.75) is 6.92 Å². The number of hydrogen-bond acceptors (Lipinski definition) is 5. The van der Waals surface area contributed by atoms with Crippen molar-refractivity contribution in [3.05, 3.63) is 63.7 Å². The Morgan fingerprint density at radius 2 is 2.00 bits per heavy atom. The van der Waals surface area contributed by atoms with E-state index in [2.05, 4.69) is 5.32 Å². The van der Waals surface area contributed by atoms with E-state index in [1.54, 1.807) is 31.2 Å². The zero-order valence-corrected chi connectivity index (χ0v) is 12.3. The number of anilines is 1. The van der Waals surface area contributed by atoms with Gasteiger partial charge < -0.3 is 10.1 Å². The van der Waals surface area contributed by atoms with Crippen LogP contribution in [-0.4, -0.2) is 17.4 Å². The highest BCUT2D eigenvalue weighted by atomic mass is 16.6. The molecule has 0 bridgehead atoms. The lowest BCUT2D eigenvalue weighted by Gasteiger charge is -2.08. The molecule has 0 saturated heterocycles. The molecule has 23 heavy (non-hydrogen) atoms. The third-order valence-corrected chi connectivity index (χ3v) is 3.09. The molecule has 0 unspecified atom stereocenters. The van der Waals surface area contributed by atoms with Crippen molar-refractivity contribution >= 4 is 17.3 Å². The number of benzene rings is 2. The minimum absolute atomic E-state index is 0.0570. The number of nitrogens with zero attached hydrogens (tertiary/aromatic N) is 2. The minimum atomic E-state index is -0.544. The summed E-state index contributed by atoms with van der Waals surface area (Å²) in [5.74, 6) is 0.0768. The van der Waals surface area contributed by atoms with Crippen molar-refractivity contribution in [1.82, 2.24) is 0 Å². The summed E-state index contributed by atoms with van der Waals surface area (Å²) in [6, 6.07) is 12.5. The number of carbonyl (C=O) groups is 1. The van der Waals surface area contributed by atoms with Gasteiger partial charge in [-0.2, -0.15) is 5.26 Å². The van der Waals surface area contributed by atoms with Crippen LogP contribution in [0.1, 0.15) is 15.9 Å². The van der Waals surface area contributed by atoms with E-state index in [1.165, 1.54) is 18.2 Å². The molecule has 2 aromatic rings. The van der Waals surface area contributed by atoms with Gasteiger partial charge in [0.15, 0.2) is 6.61 Å². The number of ether oxygens (including phenoxy) is 1. The Bertz CT molecular complexity index is 779. The summed E-state index contributed by atoms with van der Waals surface area (Å²) in [5.41, 5.74) is 1.26. The minimum Gasteiger partial charge on any atom is -0.479 e. The molecular weight excluding hydrogens is 298 g/mol. The first-order valence-corrected chi connectivity index (χ1v) is 6.67. The van der Waals surface area contributed by atoms with Crippen LogP contribution in [-0.2, 0) is 0 Å². The molecule has 0 saturated carbocycles. The molecule has 0 aliphatic carbocycles. The van der Waals surface area contributed by atoms with Crippen molar-refractivity contribution in [2.24, 2.45) is 0 Å². The first-order chi connectivity index (χ1) is 11.0. The summed E-state index contributed by atoms with van der Waals surface area (Å²) >= 11 is 0. The molecule has 116 valence electrons. The third kappa shape index (κ3) is 4.04. The van der Waals surface area contributed by atoms with Crippen molar-refractivity contribution < 1.29 is 14.5 Å². The van der Waals surface area contributed by atoms with Gasteiger partial charge in [-0.3, -0.25) is 14.9 Å². The van der Waals surface area contributed by atoms with E-state index in [-0.39, 0.29) is 17.9 Å². The molecule has 0 spiro atoms. The lowest BCUT2D eigenvalue weighted by molar-refractivity contribution is -0.384. The van der Waals surface area contributed by atoms with Crippen LogP contribution < -0.4 is 10.1 Å². The number of amides is 1. The molecule has 0 aliphatic rings. The average molecular weight is 311 g/mol. The van der Waals surface area contributed by atoms with Gasteiger partial charge in [0.25, 0.3) is 11.6 Å². The first-order valence-electron chi connectivity index (χ1n) is 6.67. The SMILES string of the molecule is Cc1ccc([N+](=O)[O-])cc1C(=O)Nc1ccc(OCC#N)cc1. The van der Waals surface area contributed by atoms with Crippen LogP contribution in [0, 0.1) is 28.4 Å². The zero-order chi connectivity index (χ0) is 16.8. The molecule has 2 aromatic carbocycles. The highest BCUT2D eigenvalue weighted by molar-refractivity contribution is 6.05. The molecule has 1 amide bonds. The van der Waals surface area contributed by atoms with Crippen LogP contribution >= 0.6 is 0 Å². The van der Waals surface area contributed by atoms with Crippen LogP contribution in [0.3, 0.4) is 0 Å². The van der Waals surface area contributed by atoms with Crippen molar-refractivity contribution in [3.8, 4) is 11.8 Å². The summed E-state index contributed by atoms with van der Waals surface area (Å²) in [7, 11) is 0. The van der Waals surface area contributed by atoms with Gasteiger partial charge in [0.05, 0.1) is 4.92 Å². The molecule has 0 aliphatic heterocycles. The van der Waals surface area contributed by atoms with Gasteiger partial charge in [-0.05, 0) is 36.8 Å². The fourth-order valence-corrected chi connectivity index (χ4v) is 1.92. The summed E-state index contributed by atoms with van der Waals surface area (Å²) in [4.78, 5) is 22.5. The van der Waals surface area contributed by atoms with Crippen LogP contribution in [0.15, 0.2) is 42.5 Å². The van der Waals surface area contributed by atoms with Crippen LogP contribution in [0.5, 0.6) is 5.75 Å². The fraction of sp³-hybridized carbons (Fsp3) is 0.125. The Balaban J connectivity index is 2.14. The van der Waals surface area contributed by atoms with E-state index in [0.717, 1.165) is 0 Å². The number of nitriles is 1. The van der Waals surface area contributed by atoms with Gasteiger partial charge in [0, 0.05) is 23.4 Å². The van der Waals surface area contributed by atoms with E-state index >= 15 is 0 Å². The standard InChI is InChI=1S/C16H13N3O4/c1-11-2-5-13(19(21)22)10-15(11)16(20)18-12-3-6-14(7-4-12)23-9-8-17/h2-7,10H,9H2,1H3,(H,18,20). The van der Waals surface area contributed by atoms with Gasteiger partial charge in [-0.15, -0.1) is 0 Å². The Morgan fingerprint density at radius 1 is 1.30 bits per heavy atom. The predicted octanol–water partition coefficient (Wildman–Crippen LogP) is 3.06. The number of aryl methyl sites for hydroxylation is 1. The Morgan fingerprint density at radius 3 is 2.61 bits per heavy atom. The number of non-ortho nitro benzene ring substituents is 1. The topological polar surface area (TPSA) is 105 Å². The zero-order valence-electron chi connectivity index (χ0n) is 12.3. The van der Waals surface area contributed by atoms with E-state index in [0.29, 0.717) is 17.0 Å². The first kappa shape index (κ1) is 16.0. The van der Waals surface area contributed by atoms with Crippen LogP contribution in [0.25, 0.3) is 0 Å². The van der Waals surface area contributed by atoms with E-state index in [9.17, 15) is 14.9 Å². The maximum absolute atomic E-state index is 12.3. The predicted molar refractivity (Wildman–Crippen MR) is 83.3 cm³/mol. The maximum atomic E-state index is 12.3. The number of rotatable bonds is 5. The summed E-state index contributed by atoms with van der Waals surface area (Å²) in [6.07, 6.45) is 0. The quantitative estimate of drug-likeness (QED) is 0.674. The fourth-order valence-electron chi connectivity index (χ4n) is 1.92. The summed E-state index contributed by atoms with van der Waals surface area (Å²) in [6.45, 7) is 1.65. The molecule has 2 rings (SSSR count). The third-order valence-electron chi connectivity index (χ3n) is 3.09. The highest BCUT2D eigenvalue weighted by Gasteiger charge is 2.14. The normalized spacial score (nSPS) is 9.74. The molecule has 1 N–H and O–H groups in total. The Hall–Kier alpha value is -3.40. The van der Waals surface area contributed by atoms with Crippen molar-refractivity contribution in [3.63, 3.8) is 0 Å². The van der Waals surface area contributed by atoms with Gasteiger partial charge in [0.1, 0.15) is 11.8 Å². The highest BCUT2D eigenvalue weighted by Crippen LogP contribution is 2.20. The second-order valence-electron chi connectivity index (χ2n) is 4.68. The van der Waals surface area contributed by atoms with Crippen molar-refractivity contribution in [2.75, 3.05) is 11.9 Å². The van der Waals surface area contributed by atoms with Crippen LogP contribution in [0.2, 0.25) is 0 Å². The Labute approximate surface area is 132 Å². The van der Waals surface area contributed by atoms with Gasteiger partial charge in [-0.1, -0.05) is 6.07 Å². The van der Waals surface area contributed by atoms with Crippen molar-refractivity contribution in [1.29, 1.82) is 5.26 Å². The Kier molecular flexibility index (Phi) is 4.89.